The Hall–Kier alpha value is -3.70. The summed E-state index contributed by atoms with van der Waals surface area (Å²) in [7, 11) is -4.30. The Labute approximate surface area is 303 Å². The Bertz CT molecular complexity index is 1810. The summed E-state index contributed by atoms with van der Waals surface area (Å²) in [5.41, 5.74) is 1.66. The summed E-state index contributed by atoms with van der Waals surface area (Å²) >= 11 is 14.1. The average Bonchev–Trinajstić information content (AvgIpc) is 3.11. The summed E-state index contributed by atoms with van der Waals surface area (Å²) in [5.74, 6) is -0.632. The van der Waals surface area contributed by atoms with Crippen LogP contribution < -0.4 is 14.4 Å². The van der Waals surface area contributed by atoms with Crippen molar-refractivity contribution in [3.8, 4) is 5.75 Å². The molecule has 0 spiro atoms. The molecule has 0 aliphatic heterocycles. The quantitative estimate of drug-likeness (QED) is 0.0875. The molecule has 0 heterocycles. The lowest BCUT2D eigenvalue weighted by Gasteiger charge is -2.34. The molecule has 0 unspecified atom stereocenters. The van der Waals surface area contributed by atoms with Gasteiger partial charge < -0.3 is 15.0 Å². The van der Waals surface area contributed by atoms with Gasteiger partial charge in [0.1, 0.15) is 18.3 Å². The molecule has 1 N–H and O–H groups in total. The first kappa shape index (κ1) is 38.1. The Morgan fingerprint density at radius 3 is 2.22 bits per heavy atom. The second-order valence-corrected chi connectivity index (χ2v) is 14.8. The van der Waals surface area contributed by atoms with Gasteiger partial charge in [0.2, 0.25) is 11.8 Å². The van der Waals surface area contributed by atoms with Crippen LogP contribution in [0.1, 0.15) is 37.8 Å². The summed E-state index contributed by atoms with van der Waals surface area (Å²) in [5, 5.41) is 3.63. The molecule has 4 aromatic rings. The Balaban J connectivity index is 1.84. The van der Waals surface area contributed by atoms with Gasteiger partial charge >= 0.3 is 0 Å². The van der Waals surface area contributed by atoms with Gasteiger partial charge in [0.25, 0.3) is 10.0 Å². The van der Waals surface area contributed by atoms with E-state index in [2.05, 4.69) is 5.32 Å². The minimum Gasteiger partial charge on any atom is -0.492 e. The molecular weight excluding hydrogens is 701 g/mol. The number of carbonyl (C=O) groups is 2. The summed E-state index contributed by atoms with van der Waals surface area (Å²) in [6.07, 6.45) is 3.74. The van der Waals surface area contributed by atoms with Crippen LogP contribution >= 0.6 is 35.0 Å². The summed E-state index contributed by atoms with van der Waals surface area (Å²) in [4.78, 5) is 31.0. The highest BCUT2D eigenvalue weighted by molar-refractivity contribution is 7.98. The van der Waals surface area contributed by atoms with Gasteiger partial charge in [-0.2, -0.15) is 0 Å². The minimum absolute atomic E-state index is 0.0126. The van der Waals surface area contributed by atoms with E-state index in [1.165, 1.54) is 28.8 Å². The Kier molecular flexibility index (Phi) is 14.3. The van der Waals surface area contributed by atoms with Crippen LogP contribution in [0.25, 0.3) is 0 Å². The fourth-order valence-corrected chi connectivity index (χ4v) is 7.38. The molecular formula is C37H41Cl2N3O5S2. The number of hydrogen-bond acceptors (Lipinski definition) is 6. The highest BCUT2D eigenvalue weighted by Crippen LogP contribution is 2.34. The van der Waals surface area contributed by atoms with E-state index >= 15 is 0 Å². The number of amides is 2. The van der Waals surface area contributed by atoms with Crippen molar-refractivity contribution in [1.29, 1.82) is 0 Å². The maximum Gasteiger partial charge on any atom is 0.264 e. The number of ether oxygens (including phenoxy) is 1. The van der Waals surface area contributed by atoms with Crippen molar-refractivity contribution in [2.24, 2.45) is 0 Å². The monoisotopic (exact) mass is 741 g/mol. The molecule has 0 aliphatic rings. The zero-order chi connectivity index (χ0) is 35.4. The van der Waals surface area contributed by atoms with Crippen LogP contribution in [-0.2, 0) is 32.6 Å². The molecule has 0 aliphatic carbocycles. The first-order valence-corrected chi connectivity index (χ1v) is 19.4. The number of nitrogens with zero attached hydrogens (tertiary/aromatic N) is 2. The minimum atomic E-state index is -4.30. The molecule has 4 rings (SSSR count). The molecule has 2 amide bonds. The molecule has 1 atom stereocenters. The maximum absolute atomic E-state index is 14.7. The van der Waals surface area contributed by atoms with E-state index < -0.39 is 28.5 Å². The van der Waals surface area contributed by atoms with Gasteiger partial charge in [0.05, 0.1) is 27.2 Å². The number of sulfonamides is 1. The Morgan fingerprint density at radius 1 is 0.878 bits per heavy atom. The van der Waals surface area contributed by atoms with Crippen LogP contribution in [0.3, 0.4) is 0 Å². The van der Waals surface area contributed by atoms with Crippen LogP contribution in [0, 0.1) is 0 Å². The zero-order valence-corrected chi connectivity index (χ0v) is 30.9. The third-order valence-corrected chi connectivity index (χ3v) is 11.1. The average molecular weight is 743 g/mol. The highest BCUT2D eigenvalue weighted by atomic mass is 35.5. The lowest BCUT2D eigenvalue weighted by atomic mass is 10.0. The smallest absolute Gasteiger partial charge is 0.264 e. The molecule has 8 nitrogen and oxygen atoms in total. The van der Waals surface area contributed by atoms with Crippen molar-refractivity contribution >= 4 is 62.5 Å². The van der Waals surface area contributed by atoms with E-state index in [9.17, 15) is 18.0 Å². The fourth-order valence-electron chi connectivity index (χ4n) is 5.22. The van der Waals surface area contributed by atoms with Crippen molar-refractivity contribution < 1.29 is 22.7 Å². The fraction of sp³-hybridized carbons (Fsp3) is 0.297. The lowest BCUT2D eigenvalue weighted by Crippen LogP contribution is -2.53. The van der Waals surface area contributed by atoms with Crippen LogP contribution in [0.2, 0.25) is 10.0 Å². The van der Waals surface area contributed by atoms with Crippen molar-refractivity contribution in [3.05, 3.63) is 118 Å². The number of halogens is 2. The molecule has 0 saturated carbocycles. The van der Waals surface area contributed by atoms with Crippen molar-refractivity contribution in [2.75, 3.05) is 30.3 Å². The molecule has 0 bridgehead atoms. The Morgan fingerprint density at radius 2 is 1.57 bits per heavy atom. The van der Waals surface area contributed by atoms with Crippen molar-refractivity contribution in [1.82, 2.24) is 10.2 Å². The van der Waals surface area contributed by atoms with Crippen LogP contribution in [0.4, 0.5) is 5.69 Å². The van der Waals surface area contributed by atoms with E-state index in [0.29, 0.717) is 27.9 Å². The van der Waals surface area contributed by atoms with Gasteiger partial charge in [-0.25, -0.2) is 8.42 Å². The van der Waals surface area contributed by atoms with Gasteiger partial charge in [0, 0.05) is 24.4 Å². The van der Waals surface area contributed by atoms with Crippen molar-refractivity contribution in [3.63, 3.8) is 0 Å². The van der Waals surface area contributed by atoms with Gasteiger partial charge in [-0.3, -0.25) is 13.9 Å². The zero-order valence-electron chi connectivity index (χ0n) is 27.8. The highest BCUT2D eigenvalue weighted by Gasteiger charge is 2.35. The van der Waals surface area contributed by atoms with E-state index in [1.807, 2.05) is 43.5 Å². The number of nitrogens with one attached hydrogen (secondary N) is 1. The summed E-state index contributed by atoms with van der Waals surface area (Å²) in [6, 6.07) is 26.6. The van der Waals surface area contributed by atoms with Gasteiger partial charge in [0.15, 0.2) is 0 Å². The normalized spacial score (nSPS) is 11.9. The molecule has 0 saturated heterocycles. The third-order valence-electron chi connectivity index (χ3n) is 7.80. The largest absolute Gasteiger partial charge is 0.492 e. The van der Waals surface area contributed by atoms with E-state index in [-0.39, 0.29) is 36.1 Å². The van der Waals surface area contributed by atoms with Gasteiger partial charge in [-0.1, -0.05) is 85.1 Å². The standard InChI is InChI=1S/C37H41Cl2N3O5S2/c1-4-6-22-40-37(44)34(24-27-12-8-7-9-13-27)41(25-28-16-21-31(38)32(39)23-28)36(43)26-42(33-14-10-11-15-35(33)47-5-2)49(45,46)30-19-17-29(48-3)18-20-30/h7-21,23,34H,4-6,22,24-26H2,1-3H3,(H,40,44)/t34-/m0/s1. The van der Waals surface area contributed by atoms with Gasteiger partial charge in [-0.15, -0.1) is 11.8 Å². The molecule has 12 heteroatoms. The SMILES string of the molecule is CCCCNC(=O)[C@H](Cc1ccccc1)N(Cc1ccc(Cl)c(Cl)c1)C(=O)CN(c1ccccc1OCC)S(=O)(=O)c1ccc(SC)cc1. The summed E-state index contributed by atoms with van der Waals surface area (Å²) < 4.78 is 35.8. The number of rotatable bonds is 17. The van der Waals surface area contributed by atoms with Crippen LogP contribution in [0.15, 0.2) is 107 Å². The number of para-hydroxylation sites is 2. The summed E-state index contributed by atoms with van der Waals surface area (Å²) in [6.45, 7) is 3.90. The second kappa shape index (κ2) is 18.3. The first-order chi connectivity index (χ1) is 23.6. The predicted octanol–water partition coefficient (Wildman–Crippen LogP) is 7.87. The second-order valence-electron chi connectivity index (χ2n) is 11.2. The third kappa shape index (κ3) is 10.2. The molecule has 49 heavy (non-hydrogen) atoms. The number of thioether (sulfide) groups is 1. The number of anilines is 1. The molecule has 0 aromatic heterocycles. The number of carbonyl (C=O) groups excluding carboxylic acids is 2. The maximum atomic E-state index is 14.7. The molecule has 0 radical (unpaired) electrons. The van der Waals surface area contributed by atoms with Crippen LogP contribution in [0.5, 0.6) is 5.75 Å². The predicted molar refractivity (Wildman–Crippen MR) is 199 cm³/mol. The lowest BCUT2D eigenvalue weighted by molar-refractivity contribution is -0.140. The van der Waals surface area contributed by atoms with Crippen LogP contribution in [-0.4, -0.2) is 57.1 Å². The van der Waals surface area contributed by atoms with E-state index in [1.54, 1.807) is 61.5 Å². The number of unbranched alkanes of at least 4 members (excludes halogenated alkanes) is 1. The number of benzene rings is 4. The van der Waals surface area contributed by atoms with E-state index in [4.69, 9.17) is 27.9 Å². The van der Waals surface area contributed by atoms with Crippen molar-refractivity contribution in [2.45, 2.75) is 55.5 Å². The van der Waals surface area contributed by atoms with Gasteiger partial charge in [-0.05, 0) is 79.3 Å². The molecule has 4 aromatic carbocycles. The first-order valence-electron chi connectivity index (χ1n) is 16.0. The topological polar surface area (TPSA) is 96.0 Å². The molecule has 260 valence electrons. The number of hydrogen-bond donors (Lipinski definition) is 1. The van der Waals surface area contributed by atoms with E-state index in [0.717, 1.165) is 27.6 Å². The molecule has 0 fully saturated rings.